The number of fused-ring (bicyclic) bond motifs is 1. The fraction of sp³-hybridized carbons (Fsp3) is 0.556. The summed E-state index contributed by atoms with van der Waals surface area (Å²) in [6.07, 6.45) is -1.62. The molecule has 1 aliphatic carbocycles. The number of methoxy groups -OCH3 is 2. The zero-order valence-corrected chi connectivity index (χ0v) is 35.0. The van der Waals surface area contributed by atoms with Crippen LogP contribution in [0.3, 0.4) is 0 Å². The number of carbonyl (C=O) groups is 2. The first-order valence-electron chi connectivity index (χ1n) is 20.7. The minimum atomic E-state index is -1.14. The Morgan fingerprint density at radius 3 is 1.80 bits per heavy atom. The second-order valence-electron chi connectivity index (χ2n) is 14.3. The number of amides is 2. The quantitative estimate of drug-likeness (QED) is 0.0672. The Morgan fingerprint density at radius 2 is 1.18 bits per heavy atom. The van der Waals surface area contributed by atoms with E-state index < -0.39 is 36.3 Å². The van der Waals surface area contributed by atoms with Crippen molar-refractivity contribution in [3.8, 4) is 5.75 Å². The van der Waals surface area contributed by atoms with Crippen LogP contribution in [0, 0.1) is 5.92 Å². The van der Waals surface area contributed by atoms with Crippen LogP contribution in [0.4, 0.5) is 4.79 Å². The second kappa shape index (κ2) is 29.2. The first-order valence-corrected chi connectivity index (χ1v) is 20.7. The van der Waals surface area contributed by atoms with Gasteiger partial charge < -0.3 is 63.5 Å². The minimum absolute atomic E-state index is 0.00247. The summed E-state index contributed by atoms with van der Waals surface area (Å²) in [7, 11) is 3.23. The number of hydrogen-bond donors (Lipinski definition) is 4. The van der Waals surface area contributed by atoms with Gasteiger partial charge in [-0.15, -0.1) is 0 Å². The normalized spacial score (nSPS) is 16.1. The van der Waals surface area contributed by atoms with Crippen molar-refractivity contribution in [2.45, 2.75) is 50.0 Å². The Bertz CT molecular complexity index is 1600. The highest BCUT2D eigenvalue weighted by molar-refractivity contribution is 5.80. The van der Waals surface area contributed by atoms with Gasteiger partial charge in [-0.25, -0.2) is 4.79 Å². The third-order valence-corrected chi connectivity index (χ3v) is 9.81. The molecule has 4 rings (SSSR count). The Morgan fingerprint density at radius 1 is 0.650 bits per heavy atom. The molecule has 0 saturated heterocycles. The highest BCUT2D eigenvalue weighted by Gasteiger charge is 2.35. The van der Waals surface area contributed by atoms with Crippen molar-refractivity contribution in [3.05, 3.63) is 101 Å². The van der Waals surface area contributed by atoms with Crippen molar-refractivity contribution < 1.29 is 62.4 Å². The number of carbonyl (C=O) groups excluding carboxylic acids is 2. The molecular weight excluding hydrogens is 776 g/mol. The molecule has 0 radical (unpaired) electrons. The van der Waals surface area contributed by atoms with Crippen LogP contribution in [0.2, 0.25) is 0 Å². The first kappa shape index (κ1) is 48.5. The average molecular weight is 841 g/mol. The number of alkyl carbamates (subject to hydrolysis) is 1. The molecule has 0 bridgehead atoms. The van der Waals surface area contributed by atoms with E-state index in [2.05, 4.69) is 10.6 Å². The lowest BCUT2D eigenvalue weighted by molar-refractivity contribution is -0.127. The van der Waals surface area contributed by atoms with Crippen molar-refractivity contribution in [1.82, 2.24) is 10.6 Å². The lowest BCUT2D eigenvalue weighted by Gasteiger charge is -2.28. The van der Waals surface area contributed by atoms with E-state index in [1.54, 1.807) is 14.2 Å². The maximum Gasteiger partial charge on any atom is 0.407 e. The predicted molar refractivity (Wildman–Crippen MR) is 223 cm³/mol. The second-order valence-corrected chi connectivity index (χ2v) is 14.3. The van der Waals surface area contributed by atoms with Gasteiger partial charge in [0, 0.05) is 26.6 Å². The van der Waals surface area contributed by atoms with Gasteiger partial charge in [-0.3, -0.25) is 4.79 Å². The van der Waals surface area contributed by atoms with Gasteiger partial charge in [0.15, 0.2) is 0 Å². The highest BCUT2D eigenvalue weighted by Crippen LogP contribution is 2.32. The fourth-order valence-electron chi connectivity index (χ4n) is 6.67. The van der Waals surface area contributed by atoms with Crippen molar-refractivity contribution in [2.75, 3.05) is 107 Å². The molecule has 0 aromatic heterocycles. The maximum atomic E-state index is 14.2. The summed E-state index contributed by atoms with van der Waals surface area (Å²) in [6.45, 7) is 5.55. The molecule has 0 fully saturated rings. The standard InChI is InChI=1S/C45H64N2O13/c1-52-16-18-54-20-22-56-23-25-57-26-28-59-38-14-12-35(13-15-38)30-37(44(50)47-43-39-11-7-6-10-36(39)32-42(43)49)33-41(48)40(31-34-8-4-3-5-9-34)46-45(51)60-29-27-58-24-21-55-19-17-53-2/h3-15,37,40-43,48-49H,16-33H2,1-2H3,(H,46,51)(H,47,50). The number of ether oxygens (including phenoxy) is 9. The molecule has 4 N–H and O–H groups in total. The van der Waals surface area contributed by atoms with E-state index in [9.17, 15) is 19.8 Å². The molecule has 3 aromatic rings. The molecular formula is C45H64N2O13. The van der Waals surface area contributed by atoms with Crippen LogP contribution in [0.25, 0.3) is 0 Å². The van der Waals surface area contributed by atoms with Gasteiger partial charge >= 0.3 is 6.09 Å². The zero-order valence-electron chi connectivity index (χ0n) is 35.0. The molecule has 5 unspecified atom stereocenters. The number of nitrogens with one attached hydrogen (secondary N) is 2. The Balaban J connectivity index is 1.34. The SMILES string of the molecule is COCCOCCOCCOCCOc1ccc(CC(CC(O)C(Cc2ccccc2)NC(=O)OCCOCCOCCOC)C(=O)NC2c3ccccc3CC2O)cc1. The van der Waals surface area contributed by atoms with Crippen molar-refractivity contribution in [3.63, 3.8) is 0 Å². The van der Waals surface area contributed by atoms with Gasteiger partial charge in [0.25, 0.3) is 0 Å². The van der Waals surface area contributed by atoms with Gasteiger partial charge in [-0.2, -0.15) is 0 Å². The molecule has 5 atom stereocenters. The van der Waals surface area contributed by atoms with E-state index in [-0.39, 0.29) is 32.0 Å². The van der Waals surface area contributed by atoms with Crippen molar-refractivity contribution in [1.29, 1.82) is 0 Å². The molecule has 60 heavy (non-hydrogen) atoms. The largest absolute Gasteiger partial charge is 0.491 e. The Hall–Kier alpha value is -4.16. The minimum Gasteiger partial charge on any atom is -0.491 e. The van der Waals surface area contributed by atoms with Gasteiger partial charge in [-0.1, -0.05) is 66.7 Å². The van der Waals surface area contributed by atoms with E-state index >= 15 is 0 Å². The van der Waals surface area contributed by atoms with E-state index in [0.717, 1.165) is 22.3 Å². The molecule has 3 aromatic carbocycles. The van der Waals surface area contributed by atoms with Crippen molar-refractivity contribution >= 4 is 12.0 Å². The average Bonchev–Trinajstić information content (AvgIpc) is 3.57. The van der Waals surface area contributed by atoms with Crippen LogP contribution in [0.5, 0.6) is 5.75 Å². The van der Waals surface area contributed by atoms with Crippen LogP contribution in [0.1, 0.15) is 34.7 Å². The number of aliphatic hydroxyl groups excluding tert-OH is 2. The van der Waals surface area contributed by atoms with Crippen molar-refractivity contribution in [2.24, 2.45) is 5.92 Å². The van der Waals surface area contributed by atoms with Crippen LogP contribution >= 0.6 is 0 Å². The van der Waals surface area contributed by atoms with Gasteiger partial charge in [-0.05, 0) is 53.6 Å². The summed E-state index contributed by atoms with van der Waals surface area (Å²) in [5.74, 6) is -0.404. The Kier molecular flexibility index (Phi) is 23.6. The summed E-state index contributed by atoms with van der Waals surface area (Å²) >= 11 is 0. The summed E-state index contributed by atoms with van der Waals surface area (Å²) in [4.78, 5) is 27.2. The molecule has 0 aliphatic heterocycles. The summed E-state index contributed by atoms with van der Waals surface area (Å²) in [5, 5.41) is 28.7. The van der Waals surface area contributed by atoms with E-state index in [0.29, 0.717) is 97.9 Å². The number of aliphatic hydroxyl groups is 2. The fourth-order valence-corrected chi connectivity index (χ4v) is 6.67. The van der Waals surface area contributed by atoms with Crippen LogP contribution in [-0.4, -0.2) is 147 Å². The van der Waals surface area contributed by atoms with Gasteiger partial charge in [0.05, 0.1) is 104 Å². The van der Waals surface area contributed by atoms with Crippen LogP contribution < -0.4 is 15.4 Å². The van der Waals surface area contributed by atoms with Gasteiger partial charge in [0.2, 0.25) is 5.91 Å². The topological polar surface area (TPSA) is 182 Å². The molecule has 0 heterocycles. The Labute approximate surface area is 353 Å². The number of benzene rings is 3. The molecule has 1 aliphatic rings. The molecule has 15 nitrogen and oxygen atoms in total. The smallest absolute Gasteiger partial charge is 0.407 e. The molecule has 0 saturated carbocycles. The van der Waals surface area contributed by atoms with E-state index in [4.69, 9.17) is 42.6 Å². The number of hydrogen-bond acceptors (Lipinski definition) is 13. The lowest BCUT2D eigenvalue weighted by atomic mass is 9.88. The monoisotopic (exact) mass is 840 g/mol. The summed E-state index contributed by atoms with van der Waals surface area (Å²) in [5.41, 5.74) is 3.58. The summed E-state index contributed by atoms with van der Waals surface area (Å²) < 4.78 is 48.5. The molecule has 0 spiro atoms. The first-order chi connectivity index (χ1) is 29.4. The third-order valence-electron chi connectivity index (χ3n) is 9.81. The highest BCUT2D eigenvalue weighted by atomic mass is 16.6. The van der Waals surface area contributed by atoms with Crippen LogP contribution in [-0.2, 0) is 62.0 Å². The lowest BCUT2D eigenvalue weighted by Crippen LogP contribution is -2.47. The predicted octanol–water partition coefficient (Wildman–Crippen LogP) is 3.46. The van der Waals surface area contributed by atoms with Gasteiger partial charge in [0.1, 0.15) is 19.0 Å². The zero-order chi connectivity index (χ0) is 42.6. The molecule has 2 amide bonds. The summed E-state index contributed by atoms with van der Waals surface area (Å²) in [6, 6.07) is 23.2. The molecule has 332 valence electrons. The van der Waals surface area contributed by atoms with Crippen LogP contribution in [0.15, 0.2) is 78.9 Å². The molecule has 15 heteroatoms. The van der Waals surface area contributed by atoms with E-state index in [1.165, 1.54) is 0 Å². The third kappa shape index (κ3) is 18.6. The van der Waals surface area contributed by atoms with E-state index in [1.807, 2.05) is 78.9 Å². The maximum absolute atomic E-state index is 14.2. The number of rotatable bonds is 32.